The minimum Gasteiger partial charge on any atom is -0.386 e. The summed E-state index contributed by atoms with van der Waals surface area (Å²) in [6.07, 6.45) is 0.516. The van der Waals surface area contributed by atoms with Crippen molar-refractivity contribution in [1.82, 2.24) is 9.78 Å². The molecule has 1 N–H and O–H groups in total. The summed E-state index contributed by atoms with van der Waals surface area (Å²) in [6, 6.07) is 7.50. The monoisotopic (exact) mass is 354 g/mol. The van der Waals surface area contributed by atoms with Crippen LogP contribution in [0.15, 0.2) is 48.6 Å². The van der Waals surface area contributed by atoms with Crippen molar-refractivity contribution >= 4 is 17.3 Å². The number of allylic oxidation sites excluding steroid dienone is 2. The molecule has 2 aromatic rings. The third-order valence-corrected chi connectivity index (χ3v) is 3.97. The van der Waals surface area contributed by atoms with E-state index in [1.165, 1.54) is 4.68 Å². The Kier molecular flexibility index (Phi) is 4.05. The van der Waals surface area contributed by atoms with Crippen LogP contribution in [0.1, 0.15) is 19.0 Å². The van der Waals surface area contributed by atoms with Crippen molar-refractivity contribution in [1.29, 1.82) is 0 Å². The Labute approximate surface area is 141 Å². The van der Waals surface area contributed by atoms with E-state index in [1.807, 2.05) is 0 Å². The molecule has 1 atom stereocenters. The van der Waals surface area contributed by atoms with Crippen LogP contribution in [0.3, 0.4) is 0 Å². The molecule has 0 aliphatic heterocycles. The Morgan fingerprint density at radius 2 is 1.92 bits per heavy atom. The molecule has 0 amide bonds. The molecule has 7 heteroatoms. The summed E-state index contributed by atoms with van der Waals surface area (Å²) in [7, 11) is 0. The molecule has 1 aromatic carbocycles. The van der Waals surface area contributed by atoms with Gasteiger partial charge < -0.3 is 5.11 Å². The minimum atomic E-state index is -4.54. The second-order valence-corrected chi connectivity index (χ2v) is 6.29. The molecule has 0 fully saturated rings. The third-order valence-electron chi connectivity index (χ3n) is 3.72. The summed E-state index contributed by atoms with van der Waals surface area (Å²) < 4.78 is 40.5. The number of aliphatic hydroxyl groups is 1. The van der Waals surface area contributed by atoms with E-state index in [-0.39, 0.29) is 0 Å². The van der Waals surface area contributed by atoms with Crippen molar-refractivity contribution in [3.63, 3.8) is 0 Å². The summed E-state index contributed by atoms with van der Waals surface area (Å²) in [6.45, 7) is 1.63. The van der Waals surface area contributed by atoms with Crippen molar-refractivity contribution in [2.24, 2.45) is 0 Å². The van der Waals surface area contributed by atoms with Crippen LogP contribution in [0.25, 0.3) is 17.0 Å². The molecule has 0 saturated heterocycles. The fraction of sp³-hybridized carbons (Fsp3) is 0.235. The fourth-order valence-electron chi connectivity index (χ4n) is 2.41. The molecule has 126 valence electrons. The number of halogens is 4. The maximum Gasteiger partial charge on any atom is 0.435 e. The highest BCUT2D eigenvalue weighted by atomic mass is 35.5. The lowest BCUT2D eigenvalue weighted by molar-refractivity contribution is -0.141. The van der Waals surface area contributed by atoms with Crippen LogP contribution in [-0.2, 0) is 6.18 Å². The van der Waals surface area contributed by atoms with Crippen LogP contribution in [0.4, 0.5) is 13.2 Å². The summed E-state index contributed by atoms with van der Waals surface area (Å²) in [5.74, 6) is 0. The molecule has 0 radical (unpaired) electrons. The van der Waals surface area contributed by atoms with Gasteiger partial charge in [0.05, 0.1) is 17.0 Å². The Morgan fingerprint density at radius 3 is 2.46 bits per heavy atom. The molecule has 1 aromatic heterocycles. The van der Waals surface area contributed by atoms with Gasteiger partial charge in [-0.3, -0.25) is 0 Å². The number of alkyl halides is 3. The number of nitrogens with zero attached hydrogens (tertiary/aromatic N) is 2. The van der Waals surface area contributed by atoms with E-state index in [0.29, 0.717) is 28.4 Å². The standard InChI is InChI=1S/C17H14ClF3N2O/c1-16(24)8-6-13(7-9-16)23-14(10-15(22-23)17(19,20)21)11-2-4-12(18)5-3-11/h2-8,10,24H,9H2,1H3. The first kappa shape index (κ1) is 16.8. The Bertz CT molecular complexity index is 817. The first-order chi connectivity index (χ1) is 11.2. The molecular formula is C17H14ClF3N2O. The van der Waals surface area contributed by atoms with E-state index >= 15 is 0 Å². The summed E-state index contributed by atoms with van der Waals surface area (Å²) in [4.78, 5) is 0. The minimum absolute atomic E-state index is 0.292. The quantitative estimate of drug-likeness (QED) is 0.843. The van der Waals surface area contributed by atoms with Gasteiger partial charge in [0.1, 0.15) is 0 Å². The lowest BCUT2D eigenvalue weighted by Gasteiger charge is -2.22. The van der Waals surface area contributed by atoms with Crippen LogP contribution in [-0.4, -0.2) is 20.5 Å². The predicted molar refractivity (Wildman–Crippen MR) is 86.3 cm³/mol. The van der Waals surface area contributed by atoms with E-state index < -0.39 is 17.5 Å². The van der Waals surface area contributed by atoms with E-state index in [9.17, 15) is 18.3 Å². The van der Waals surface area contributed by atoms with Gasteiger partial charge in [-0.2, -0.15) is 18.3 Å². The molecule has 3 rings (SSSR count). The first-order valence-electron chi connectivity index (χ1n) is 7.21. The summed E-state index contributed by atoms with van der Waals surface area (Å²) >= 11 is 5.84. The highest BCUT2D eigenvalue weighted by Gasteiger charge is 2.35. The number of rotatable bonds is 2. The van der Waals surface area contributed by atoms with Crippen molar-refractivity contribution < 1.29 is 18.3 Å². The molecule has 0 saturated carbocycles. The molecule has 1 aliphatic carbocycles. The van der Waals surface area contributed by atoms with Gasteiger partial charge in [0, 0.05) is 10.6 Å². The number of benzene rings is 1. The van der Waals surface area contributed by atoms with Gasteiger partial charge in [0.15, 0.2) is 5.69 Å². The van der Waals surface area contributed by atoms with Crippen LogP contribution in [0.5, 0.6) is 0 Å². The van der Waals surface area contributed by atoms with Gasteiger partial charge >= 0.3 is 6.18 Å². The molecule has 24 heavy (non-hydrogen) atoms. The van der Waals surface area contributed by atoms with Gasteiger partial charge in [-0.05, 0) is 37.6 Å². The van der Waals surface area contributed by atoms with E-state index in [2.05, 4.69) is 5.10 Å². The summed E-state index contributed by atoms with van der Waals surface area (Å²) in [5.41, 5.74) is -0.643. The average Bonchev–Trinajstić information content (AvgIpc) is 2.93. The largest absolute Gasteiger partial charge is 0.435 e. The second-order valence-electron chi connectivity index (χ2n) is 5.85. The second kappa shape index (κ2) is 5.79. The Hall–Kier alpha value is -2.05. The molecule has 1 aliphatic rings. The van der Waals surface area contributed by atoms with Gasteiger partial charge in [0.2, 0.25) is 0 Å². The number of hydrogen-bond donors (Lipinski definition) is 1. The molecule has 3 nitrogen and oxygen atoms in total. The van der Waals surface area contributed by atoms with E-state index in [0.717, 1.165) is 6.07 Å². The SMILES string of the molecule is CC1(O)C=CC(n2nc(C(F)(F)F)cc2-c2ccc(Cl)cc2)=CC1. The maximum absolute atomic E-state index is 13.1. The lowest BCUT2D eigenvalue weighted by Crippen LogP contribution is -2.22. The first-order valence-corrected chi connectivity index (χ1v) is 7.59. The van der Waals surface area contributed by atoms with E-state index in [1.54, 1.807) is 49.4 Å². The van der Waals surface area contributed by atoms with Crippen LogP contribution in [0, 0.1) is 0 Å². The van der Waals surface area contributed by atoms with Crippen LogP contribution in [0.2, 0.25) is 5.02 Å². The van der Waals surface area contributed by atoms with Gasteiger partial charge in [-0.15, -0.1) is 0 Å². The van der Waals surface area contributed by atoms with Crippen LogP contribution >= 0.6 is 11.6 Å². The number of hydrogen-bond acceptors (Lipinski definition) is 2. The normalized spacial score (nSPS) is 21.0. The highest BCUT2D eigenvalue weighted by molar-refractivity contribution is 6.30. The molecule has 0 spiro atoms. The van der Waals surface area contributed by atoms with Crippen molar-refractivity contribution in [3.05, 3.63) is 59.3 Å². The van der Waals surface area contributed by atoms with E-state index in [4.69, 9.17) is 11.6 Å². The maximum atomic E-state index is 13.1. The highest BCUT2D eigenvalue weighted by Crippen LogP contribution is 2.34. The zero-order valence-electron chi connectivity index (χ0n) is 12.7. The average molecular weight is 355 g/mol. The van der Waals surface area contributed by atoms with Crippen molar-refractivity contribution in [2.75, 3.05) is 0 Å². The fourth-order valence-corrected chi connectivity index (χ4v) is 2.54. The lowest BCUT2D eigenvalue weighted by atomic mass is 9.96. The molecular weight excluding hydrogens is 341 g/mol. The van der Waals surface area contributed by atoms with Gasteiger partial charge in [-0.1, -0.05) is 35.9 Å². The van der Waals surface area contributed by atoms with Crippen molar-refractivity contribution in [3.8, 4) is 11.3 Å². The molecule has 1 heterocycles. The van der Waals surface area contributed by atoms with Gasteiger partial charge in [-0.25, -0.2) is 4.68 Å². The van der Waals surface area contributed by atoms with Crippen LogP contribution < -0.4 is 0 Å². The topological polar surface area (TPSA) is 38.0 Å². The third kappa shape index (κ3) is 3.39. The van der Waals surface area contributed by atoms with Gasteiger partial charge in [0.25, 0.3) is 0 Å². The Balaban J connectivity index is 2.11. The molecule has 1 unspecified atom stereocenters. The predicted octanol–water partition coefficient (Wildman–Crippen LogP) is 4.77. The number of aromatic nitrogens is 2. The smallest absolute Gasteiger partial charge is 0.386 e. The summed E-state index contributed by atoms with van der Waals surface area (Å²) in [5, 5.41) is 14.1. The Morgan fingerprint density at radius 1 is 1.25 bits per heavy atom. The molecule has 0 bridgehead atoms. The zero-order valence-corrected chi connectivity index (χ0v) is 13.4. The zero-order chi connectivity index (χ0) is 17.5. The van der Waals surface area contributed by atoms with Crippen molar-refractivity contribution in [2.45, 2.75) is 25.1 Å².